The molecule has 7 heteroatoms. The maximum atomic E-state index is 4.82. The smallest absolute Gasteiger partial charge is 0.252 e. The Bertz CT molecular complexity index is 2490. The van der Waals surface area contributed by atoms with Gasteiger partial charge in [0.25, 0.3) is 6.71 Å². The third kappa shape index (κ3) is 4.86. The number of anilines is 9. The highest BCUT2D eigenvalue weighted by Crippen LogP contribution is 2.45. The zero-order valence-electron chi connectivity index (χ0n) is 28.2. The molecule has 0 fully saturated rings. The molecule has 0 unspecified atom stereocenters. The van der Waals surface area contributed by atoms with Crippen LogP contribution in [0.3, 0.4) is 0 Å². The molecule has 2 aliphatic rings. The average Bonchev–Trinajstić information content (AvgIpc) is 3.22. The summed E-state index contributed by atoms with van der Waals surface area (Å²) in [6.07, 6.45) is 7.39. The van der Waals surface area contributed by atoms with Gasteiger partial charge in [0.1, 0.15) is 0 Å². The number of pyridine rings is 1. The first-order chi connectivity index (χ1) is 25.8. The quantitative estimate of drug-likeness (QED) is 0.165. The zero-order valence-corrected chi connectivity index (χ0v) is 28.2. The van der Waals surface area contributed by atoms with Crippen molar-refractivity contribution in [1.82, 2.24) is 15.0 Å². The lowest BCUT2D eigenvalue weighted by Gasteiger charge is -2.44. The molecule has 0 aliphatic carbocycles. The van der Waals surface area contributed by atoms with Crippen LogP contribution in [0.15, 0.2) is 189 Å². The molecular weight excluding hydrogens is 635 g/mol. The molecule has 0 N–H and O–H groups in total. The summed E-state index contributed by atoms with van der Waals surface area (Å²) in [5.41, 5.74) is 14.6. The molecule has 0 spiro atoms. The molecular formula is C45H31BN6. The van der Waals surface area contributed by atoms with E-state index in [0.717, 1.165) is 56.7 Å². The van der Waals surface area contributed by atoms with Gasteiger partial charge in [-0.1, -0.05) is 84.9 Å². The molecule has 244 valence electrons. The number of rotatable bonds is 6. The van der Waals surface area contributed by atoms with Crippen LogP contribution in [0.25, 0.3) is 11.4 Å². The van der Waals surface area contributed by atoms with E-state index in [0.29, 0.717) is 5.82 Å². The molecule has 2 aliphatic heterocycles. The minimum absolute atomic E-state index is 0.0153. The number of fused-ring (bicyclic) bond motifs is 4. The van der Waals surface area contributed by atoms with Crippen molar-refractivity contribution in [3.05, 3.63) is 189 Å². The first kappa shape index (κ1) is 29.9. The predicted molar refractivity (Wildman–Crippen MR) is 214 cm³/mol. The summed E-state index contributed by atoms with van der Waals surface area (Å²) in [6, 6.07) is 58.2. The summed E-state index contributed by atoms with van der Waals surface area (Å²) < 4.78 is 0. The summed E-state index contributed by atoms with van der Waals surface area (Å²) in [4.78, 5) is 20.9. The van der Waals surface area contributed by atoms with E-state index >= 15 is 0 Å². The Morgan fingerprint density at radius 2 is 1.00 bits per heavy atom. The number of aromatic nitrogens is 3. The lowest BCUT2D eigenvalue weighted by atomic mass is 9.33. The Kier molecular flexibility index (Phi) is 7.13. The summed E-state index contributed by atoms with van der Waals surface area (Å²) in [5, 5.41) is 0. The number of para-hydroxylation sites is 4. The molecule has 6 aromatic carbocycles. The van der Waals surface area contributed by atoms with Crippen molar-refractivity contribution in [2.75, 3.05) is 14.7 Å². The molecule has 10 rings (SSSR count). The van der Waals surface area contributed by atoms with Gasteiger partial charge in [-0.25, -0.2) is 9.97 Å². The molecule has 52 heavy (non-hydrogen) atoms. The topological polar surface area (TPSA) is 48.4 Å². The van der Waals surface area contributed by atoms with Crippen LogP contribution in [-0.2, 0) is 0 Å². The van der Waals surface area contributed by atoms with Crippen LogP contribution in [0.1, 0.15) is 0 Å². The minimum atomic E-state index is 0.0153. The molecule has 0 saturated carbocycles. The Hall–Kier alpha value is -6.99. The second kappa shape index (κ2) is 12.4. The normalized spacial score (nSPS) is 12.5. The van der Waals surface area contributed by atoms with E-state index in [1.807, 2.05) is 24.5 Å². The van der Waals surface area contributed by atoms with Crippen LogP contribution in [0.4, 0.5) is 51.2 Å². The van der Waals surface area contributed by atoms with Crippen molar-refractivity contribution in [1.29, 1.82) is 0 Å². The van der Waals surface area contributed by atoms with Gasteiger partial charge in [0.15, 0.2) is 5.82 Å². The average molecular weight is 667 g/mol. The summed E-state index contributed by atoms with van der Waals surface area (Å²) in [7, 11) is 0. The van der Waals surface area contributed by atoms with E-state index in [1.54, 1.807) is 12.4 Å². The maximum absolute atomic E-state index is 4.82. The first-order valence-corrected chi connectivity index (χ1v) is 17.5. The van der Waals surface area contributed by atoms with Gasteiger partial charge >= 0.3 is 0 Å². The van der Waals surface area contributed by atoms with Crippen LogP contribution in [0.5, 0.6) is 0 Å². The van der Waals surface area contributed by atoms with Crippen LogP contribution in [0, 0.1) is 0 Å². The molecule has 2 aromatic heterocycles. The van der Waals surface area contributed by atoms with E-state index < -0.39 is 0 Å². The zero-order chi connectivity index (χ0) is 34.4. The summed E-state index contributed by atoms with van der Waals surface area (Å²) in [5.74, 6) is 0.671. The van der Waals surface area contributed by atoms with Crippen molar-refractivity contribution in [2.45, 2.75) is 0 Å². The van der Waals surface area contributed by atoms with Gasteiger partial charge in [0.2, 0.25) is 0 Å². The molecule has 0 bridgehead atoms. The summed E-state index contributed by atoms with van der Waals surface area (Å²) in [6.45, 7) is 0.0153. The van der Waals surface area contributed by atoms with Gasteiger partial charge in [-0.05, 0) is 95.3 Å². The number of nitrogens with zero attached hydrogens (tertiary/aromatic N) is 6. The van der Waals surface area contributed by atoms with E-state index in [2.05, 4.69) is 171 Å². The number of hydrogen-bond acceptors (Lipinski definition) is 6. The van der Waals surface area contributed by atoms with Crippen molar-refractivity contribution < 1.29 is 0 Å². The third-order valence-corrected chi connectivity index (χ3v) is 10.0. The van der Waals surface area contributed by atoms with Gasteiger partial charge < -0.3 is 14.7 Å². The van der Waals surface area contributed by atoms with Gasteiger partial charge in [-0.2, -0.15) is 0 Å². The Balaban J connectivity index is 1.18. The van der Waals surface area contributed by atoms with Gasteiger partial charge in [0, 0.05) is 63.5 Å². The van der Waals surface area contributed by atoms with Gasteiger partial charge in [-0.3, -0.25) is 4.98 Å². The van der Waals surface area contributed by atoms with Crippen molar-refractivity contribution >= 4 is 74.3 Å². The number of hydrogen-bond donors (Lipinski definition) is 0. The lowest BCUT2D eigenvalue weighted by molar-refractivity contribution is 1.13. The first-order valence-electron chi connectivity index (χ1n) is 17.5. The van der Waals surface area contributed by atoms with Crippen LogP contribution >= 0.6 is 0 Å². The molecule has 8 aromatic rings. The van der Waals surface area contributed by atoms with Crippen LogP contribution < -0.4 is 31.1 Å². The molecule has 6 nitrogen and oxygen atoms in total. The molecule has 0 radical (unpaired) electrons. The van der Waals surface area contributed by atoms with Crippen molar-refractivity contribution in [3.63, 3.8) is 0 Å². The summed E-state index contributed by atoms with van der Waals surface area (Å²) >= 11 is 0. The molecule has 0 amide bonds. The van der Waals surface area contributed by atoms with E-state index in [4.69, 9.17) is 9.97 Å². The Labute approximate surface area is 303 Å². The fourth-order valence-corrected chi connectivity index (χ4v) is 7.83. The predicted octanol–water partition coefficient (Wildman–Crippen LogP) is 9.09. The third-order valence-electron chi connectivity index (χ3n) is 10.0. The highest BCUT2D eigenvalue weighted by Gasteiger charge is 2.43. The lowest BCUT2D eigenvalue weighted by Crippen LogP contribution is -2.61. The molecule has 0 saturated heterocycles. The second-order valence-electron chi connectivity index (χ2n) is 13.0. The fourth-order valence-electron chi connectivity index (χ4n) is 7.83. The Morgan fingerprint density at radius 3 is 1.67 bits per heavy atom. The number of benzene rings is 6. The van der Waals surface area contributed by atoms with Crippen molar-refractivity contribution in [2.24, 2.45) is 0 Å². The van der Waals surface area contributed by atoms with Gasteiger partial charge in [0.05, 0.1) is 18.1 Å². The van der Waals surface area contributed by atoms with Crippen LogP contribution in [-0.4, -0.2) is 21.7 Å². The standard InChI is InChI=1S/C45H31BN6/c1-4-13-33(14-5-1)50(34-15-6-2-7-16-34)36-23-24-39-43(29-36)51(35-17-8-3-9-18-35)41-21-12-22-42-44(41)46(39)38-19-10-11-20-40(38)52(42)37-30-48-45(49-31-37)32-25-27-47-28-26-32/h1-31H. The maximum Gasteiger partial charge on any atom is 0.252 e. The largest absolute Gasteiger partial charge is 0.311 e. The van der Waals surface area contributed by atoms with Crippen molar-refractivity contribution in [3.8, 4) is 11.4 Å². The second-order valence-corrected chi connectivity index (χ2v) is 13.0. The highest BCUT2D eigenvalue weighted by atomic mass is 15.2. The van der Waals surface area contributed by atoms with Crippen LogP contribution in [0.2, 0.25) is 0 Å². The van der Waals surface area contributed by atoms with Gasteiger partial charge in [-0.15, -0.1) is 0 Å². The minimum Gasteiger partial charge on any atom is -0.311 e. The van der Waals surface area contributed by atoms with E-state index in [1.165, 1.54) is 16.4 Å². The highest BCUT2D eigenvalue weighted by molar-refractivity contribution is 7.00. The monoisotopic (exact) mass is 666 g/mol. The molecule has 4 heterocycles. The Morgan fingerprint density at radius 1 is 0.442 bits per heavy atom. The van der Waals surface area contributed by atoms with E-state index in [9.17, 15) is 0 Å². The fraction of sp³-hybridized carbons (Fsp3) is 0. The SMILES string of the molecule is c1ccc(N(c2ccccc2)c2ccc3c(c2)N(c2ccccc2)c2cccc4c2B3c2ccccc2N4c2cnc(-c3ccncc3)nc2)cc1. The molecule has 0 atom stereocenters. The van der Waals surface area contributed by atoms with E-state index in [-0.39, 0.29) is 6.71 Å².